The largest absolute Gasteiger partial charge is 0.417 e. The van der Waals surface area contributed by atoms with Crippen LogP contribution in [0, 0.1) is 0 Å². The van der Waals surface area contributed by atoms with Gasteiger partial charge in [-0.25, -0.2) is 0 Å². The summed E-state index contributed by atoms with van der Waals surface area (Å²) in [5.41, 5.74) is 6.13. The summed E-state index contributed by atoms with van der Waals surface area (Å²) in [5.74, 6) is 0.681. The lowest BCUT2D eigenvalue weighted by atomic mass is 10.1. The van der Waals surface area contributed by atoms with Gasteiger partial charge in [0.15, 0.2) is 0 Å². The van der Waals surface area contributed by atoms with E-state index in [1.807, 2.05) is 30.3 Å². The van der Waals surface area contributed by atoms with E-state index in [4.69, 9.17) is 14.9 Å². The Bertz CT molecular complexity index is 724. The molecule has 0 bridgehead atoms. The first kappa shape index (κ1) is 12.2. The number of oxazole rings is 1. The molecule has 0 spiro atoms. The number of nitrogens with zero attached hydrogens (tertiary/aromatic N) is 1. The molecule has 5 heteroatoms. The molecule has 0 aliphatic carbocycles. The van der Waals surface area contributed by atoms with Gasteiger partial charge in [0.25, 0.3) is 0 Å². The second-order valence-electron chi connectivity index (χ2n) is 4.06. The predicted octanol–water partition coefficient (Wildman–Crippen LogP) is 3.84. The first-order chi connectivity index (χ1) is 9.24. The van der Waals surface area contributed by atoms with Crippen molar-refractivity contribution >= 4 is 26.7 Å². The van der Waals surface area contributed by atoms with Crippen LogP contribution in [-0.4, -0.2) is 4.98 Å². The summed E-state index contributed by atoms with van der Waals surface area (Å²) in [6.45, 7) is 0.332. The highest BCUT2D eigenvalue weighted by atomic mass is 79.9. The minimum Gasteiger partial charge on any atom is -0.417 e. The number of nitrogens with two attached hydrogens (primary N) is 1. The highest BCUT2D eigenvalue weighted by Crippen LogP contribution is 2.27. The first-order valence-corrected chi connectivity index (χ1v) is 6.55. The molecule has 4 nitrogen and oxygen atoms in total. The lowest BCUT2D eigenvalue weighted by molar-refractivity contribution is 0.331. The first-order valence-electron chi connectivity index (χ1n) is 5.76. The Kier molecular flexibility index (Phi) is 3.23. The van der Waals surface area contributed by atoms with Crippen LogP contribution in [0.4, 0.5) is 0 Å². The van der Waals surface area contributed by atoms with Crippen molar-refractivity contribution in [2.45, 2.75) is 6.54 Å². The standard InChI is InChI=1S/C14H11BrN2O2/c15-11-3-1-10-6-13(4-2-9(10)5-11)19-14-17-12(7-16)8-18-14/h1-6,8H,7,16H2. The third-order valence-electron chi connectivity index (χ3n) is 2.72. The van der Waals surface area contributed by atoms with Crippen molar-refractivity contribution in [3.8, 4) is 11.8 Å². The smallest absolute Gasteiger partial charge is 0.399 e. The molecule has 3 aromatic rings. The summed E-state index contributed by atoms with van der Waals surface area (Å²) in [7, 11) is 0. The zero-order valence-electron chi connectivity index (χ0n) is 9.97. The van der Waals surface area contributed by atoms with Gasteiger partial charge < -0.3 is 14.9 Å². The molecule has 0 aliphatic heterocycles. The third kappa shape index (κ3) is 2.62. The fourth-order valence-electron chi connectivity index (χ4n) is 1.79. The number of benzene rings is 2. The van der Waals surface area contributed by atoms with Gasteiger partial charge in [0.2, 0.25) is 0 Å². The summed E-state index contributed by atoms with van der Waals surface area (Å²) < 4.78 is 11.8. The molecule has 0 saturated heterocycles. The number of hydrogen-bond acceptors (Lipinski definition) is 4. The summed E-state index contributed by atoms with van der Waals surface area (Å²) in [5, 5.41) is 2.23. The molecule has 2 aromatic carbocycles. The van der Waals surface area contributed by atoms with Crippen LogP contribution in [0.5, 0.6) is 11.8 Å². The van der Waals surface area contributed by atoms with Gasteiger partial charge in [-0.15, -0.1) is 0 Å². The van der Waals surface area contributed by atoms with E-state index in [2.05, 4.69) is 27.0 Å². The number of hydrogen-bond donors (Lipinski definition) is 1. The molecule has 0 unspecified atom stereocenters. The van der Waals surface area contributed by atoms with Crippen molar-refractivity contribution in [1.82, 2.24) is 4.98 Å². The maximum Gasteiger partial charge on any atom is 0.399 e. The minimum absolute atomic E-state index is 0.205. The van der Waals surface area contributed by atoms with Gasteiger partial charge in [-0.05, 0) is 35.0 Å². The molecule has 0 aliphatic rings. The van der Waals surface area contributed by atoms with Crippen LogP contribution < -0.4 is 10.5 Å². The second kappa shape index (κ2) is 5.03. The van der Waals surface area contributed by atoms with E-state index in [9.17, 15) is 0 Å². The Hall–Kier alpha value is -1.85. The van der Waals surface area contributed by atoms with Crippen LogP contribution in [0.25, 0.3) is 10.8 Å². The summed E-state index contributed by atoms with van der Waals surface area (Å²) >= 11 is 3.45. The minimum atomic E-state index is 0.205. The summed E-state index contributed by atoms with van der Waals surface area (Å²) in [6.07, 6.45) is 1.70. The van der Waals surface area contributed by atoms with Crippen molar-refractivity contribution in [3.05, 3.63) is 52.8 Å². The van der Waals surface area contributed by atoms with E-state index in [1.165, 1.54) is 6.26 Å². The van der Waals surface area contributed by atoms with Crippen molar-refractivity contribution in [2.75, 3.05) is 0 Å². The summed E-state index contributed by atoms with van der Waals surface area (Å²) in [6, 6.07) is 11.9. The van der Waals surface area contributed by atoms with Crippen molar-refractivity contribution in [1.29, 1.82) is 0 Å². The van der Waals surface area contributed by atoms with E-state index in [-0.39, 0.29) is 6.08 Å². The zero-order valence-corrected chi connectivity index (χ0v) is 11.6. The molecule has 0 atom stereocenters. The average molecular weight is 319 g/mol. The van der Waals surface area contributed by atoms with Crippen molar-refractivity contribution < 1.29 is 9.15 Å². The Labute approximate surface area is 118 Å². The van der Waals surface area contributed by atoms with E-state index >= 15 is 0 Å². The van der Waals surface area contributed by atoms with Gasteiger partial charge in [0, 0.05) is 11.0 Å². The summed E-state index contributed by atoms with van der Waals surface area (Å²) in [4.78, 5) is 4.10. The number of ether oxygens (including phenoxy) is 1. The van der Waals surface area contributed by atoms with E-state index < -0.39 is 0 Å². The molecule has 96 valence electrons. The molecule has 0 radical (unpaired) electrons. The molecule has 1 heterocycles. The Balaban J connectivity index is 1.90. The number of rotatable bonds is 3. The van der Waals surface area contributed by atoms with Gasteiger partial charge in [-0.2, -0.15) is 4.98 Å². The van der Waals surface area contributed by atoms with Crippen LogP contribution in [0.2, 0.25) is 0 Å². The van der Waals surface area contributed by atoms with Gasteiger partial charge >= 0.3 is 6.08 Å². The number of fused-ring (bicyclic) bond motifs is 1. The highest BCUT2D eigenvalue weighted by Gasteiger charge is 2.06. The molecular formula is C14H11BrN2O2. The Morgan fingerprint density at radius 3 is 2.74 bits per heavy atom. The molecule has 0 amide bonds. The quantitative estimate of drug-likeness (QED) is 0.797. The highest BCUT2D eigenvalue weighted by molar-refractivity contribution is 9.10. The lowest BCUT2D eigenvalue weighted by Crippen LogP contribution is -1.95. The Morgan fingerprint density at radius 1 is 1.16 bits per heavy atom. The molecule has 0 fully saturated rings. The number of halogens is 1. The van der Waals surface area contributed by atoms with Crippen LogP contribution >= 0.6 is 15.9 Å². The molecular weight excluding hydrogens is 308 g/mol. The van der Waals surface area contributed by atoms with Gasteiger partial charge in [0.1, 0.15) is 12.0 Å². The topological polar surface area (TPSA) is 61.3 Å². The average Bonchev–Trinajstić information content (AvgIpc) is 2.86. The van der Waals surface area contributed by atoms with Gasteiger partial charge in [-0.1, -0.05) is 28.1 Å². The Morgan fingerprint density at radius 2 is 1.95 bits per heavy atom. The fourth-order valence-corrected chi connectivity index (χ4v) is 2.17. The van der Waals surface area contributed by atoms with Crippen LogP contribution in [0.15, 0.2) is 51.6 Å². The fraction of sp³-hybridized carbons (Fsp3) is 0.0714. The van der Waals surface area contributed by atoms with Crippen LogP contribution in [0.3, 0.4) is 0 Å². The third-order valence-corrected chi connectivity index (χ3v) is 3.21. The van der Waals surface area contributed by atoms with Crippen molar-refractivity contribution in [2.24, 2.45) is 5.73 Å². The second-order valence-corrected chi connectivity index (χ2v) is 4.98. The van der Waals surface area contributed by atoms with Gasteiger partial charge in [-0.3, -0.25) is 0 Å². The zero-order chi connectivity index (χ0) is 13.2. The maximum absolute atomic E-state index is 5.55. The molecule has 1 aromatic heterocycles. The van der Waals surface area contributed by atoms with E-state index in [0.717, 1.165) is 15.2 Å². The van der Waals surface area contributed by atoms with Gasteiger partial charge in [0.05, 0.1) is 5.69 Å². The van der Waals surface area contributed by atoms with Crippen molar-refractivity contribution in [3.63, 3.8) is 0 Å². The molecule has 0 saturated carbocycles. The number of aromatic nitrogens is 1. The van der Waals surface area contributed by atoms with E-state index in [0.29, 0.717) is 18.0 Å². The lowest BCUT2D eigenvalue weighted by Gasteiger charge is -2.03. The predicted molar refractivity (Wildman–Crippen MR) is 76.1 cm³/mol. The van der Waals surface area contributed by atoms with E-state index in [1.54, 1.807) is 0 Å². The normalized spacial score (nSPS) is 10.8. The van der Waals surface area contributed by atoms with Crippen LogP contribution in [-0.2, 0) is 6.54 Å². The molecule has 19 heavy (non-hydrogen) atoms. The molecule has 3 rings (SSSR count). The monoisotopic (exact) mass is 318 g/mol. The molecule has 2 N–H and O–H groups in total. The SMILES string of the molecule is NCc1coc(Oc2ccc3cc(Br)ccc3c2)n1. The van der Waals surface area contributed by atoms with Crippen LogP contribution in [0.1, 0.15) is 5.69 Å². The maximum atomic E-state index is 5.55.